The number of rotatable bonds is 6. The van der Waals surface area contributed by atoms with Crippen LogP contribution in [-0.4, -0.2) is 32.5 Å². The Morgan fingerprint density at radius 3 is 2.76 bits per heavy atom. The summed E-state index contributed by atoms with van der Waals surface area (Å²) in [5.74, 6) is -0.213. The van der Waals surface area contributed by atoms with Crippen molar-refractivity contribution in [1.29, 1.82) is 0 Å². The van der Waals surface area contributed by atoms with Gasteiger partial charge >= 0.3 is 0 Å². The topological polar surface area (TPSA) is 102 Å². The Balaban J connectivity index is 1.55. The van der Waals surface area contributed by atoms with E-state index in [1.807, 2.05) is 24.3 Å². The summed E-state index contributed by atoms with van der Waals surface area (Å²) in [6.07, 6.45) is 1.54. The molecular formula is C17H17N5O2S. The summed E-state index contributed by atoms with van der Waals surface area (Å²) < 4.78 is 0. The summed E-state index contributed by atoms with van der Waals surface area (Å²) in [5.41, 5.74) is 7.76. The zero-order chi connectivity index (χ0) is 17.6. The van der Waals surface area contributed by atoms with E-state index in [1.54, 1.807) is 31.2 Å². The molecule has 0 spiro atoms. The number of aromatic nitrogens is 2. The van der Waals surface area contributed by atoms with Crippen LogP contribution < -0.4 is 10.9 Å². The maximum atomic E-state index is 12.1. The van der Waals surface area contributed by atoms with Crippen molar-refractivity contribution in [3.63, 3.8) is 0 Å². The molecule has 0 saturated carbocycles. The lowest BCUT2D eigenvalue weighted by molar-refractivity contribution is -0.120. The zero-order valence-corrected chi connectivity index (χ0v) is 14.2. The highest BCUT2D eigenvalue weighted by atomic mass is 32.2. The Kier molecular flexibility index (Phi) is 5.32. The van der Waals surface area contributed by atoms with Gasteiger partial charge in [-0.3, -0.25) is 15.5 Å². The number of hydrazone groups is 1. The molecule has 1 unspecified atom stereocenters. The van der Waals surface area contributed by atoms with Gasteiger partial charge in [-0.1, -0.05) is 36.0 Å². The fourth-order valence-electron chi connectivity index (χ4n) is 2.11. The van der Waals surface area contributed by atoms with Gasteiger partial charge in [0.1, 0.15) is 0 Å². The van der Waals surface area contributed by atoms with Gasteiger partial charge in [0.15, 0.2) is 5.16 Å². The number of carbonyl (C=O) groups is 1. The lowest BCUT2D eigenvalue weighted by atomic mass is 10.2. The smallest absolute Gasteiger partial charge is 0.253 e. The van der Waals surface area contributed by atoms with Crippen molar-refractivity contribution in [3.05, 3.63) is 54.1 Å². The molecule has 8 heteroatoms. The molecule has 128 valence electrons. The van der Waals surface area contributed by atoms with Gasteiger partial charge in [0.25, 0.3) is 5.91 Å². The van der Waals surface area contributed by atoms with Gasteiger partial charge in [0, 0.05) is 0 Å². The van der Waals surface area contributed by atoms with Gasteiger partial charge in [-0.2, -0.15) is 5.10 Å². The summed E-state index contributed by atoms with van der Waals surface area (Å²) in [5, 5.41) is 13.1. The van der Waals surface area contributed by atoms with E-state index in [9.17, 15) is 4.79 Å². The standard InChI is InChI=1S/C17H17N5O2S/c1-11(25-17-19-14-4-2-3-5-15(14)20-17)16(23)21-18-10-12-6-8-13(22-24)9-7-12/h2-11,22,24H,1H3,(H,19,20)(H,21,23)/b18-10+. The van der Waals surface area contributed by atoms with E-state index in [2.05, 4.69) is 26.0 Å². The fraction of sp³-hybridized carbons (Fsp3) is 0.118. The van der Waals surface area contributed by atoms with E-state index in [0.29, 0.717) is 10.8 Å². The molecule has 3 aromatic rings. The number of carbonyl (C=O) groups excluding carboxylic acids is 1. The summed E-state index contributed by atoms with van der Waals surface area (Å²) in [7, 11) is 0. The molecule has 3 rings (SSSR count). The number of thioether (sulfide) groups is 1. The van der Waals surface area contributed by atoms with Crippen molar-refractivity contribution in [1.82, 2.24) is 15.4 Å². The lowest BCUT2D eigenvalue weighted by Crippen LogP contribution is -2.26. The molecule has 0 fully saturated rings. The number of nitrogens with one attached hydrogen (secondary N) is 3. The Hall–Kier alpha value is -2.84. The molecule has 1 aromatic heterocycles. The van der Waals surface area contributed by atoms with Crippen LogP contribution in [0, 0.1) is 0 Å². The minimum atomic E-state index is -0.348. The van der Waals surface area contributed by atoms with Crippen LogP contribution in [0.5, 0.6) is 0 Å². The second kappa shape index (κ2) is 7.82. The molecule has 0 radical (unpaired) electrons. The molecular weight excluding hydrogens is 338 g/mol. The number of anilines is 1. The third-order valence-electron chi connectivity index (χ3n) is 3.45. The molecule has 0 bridgehead atoms. The van der Waals surface area contributed by atoms with Crippen molar-refractivity contribution in [2.45, 2.75) is 17.3 Å². The van der Waals surface area contributed by atoms with Crippen LogP contribution >= 0.6 is 11.8 Å². The number of para-hydroxylation sites is 2. The number of benzene rings is 2. The SMILES string of the molecule is CC(Sc1nc2ccccc2[nH]1)C(=O)N/N=C/c1ccc(NO)cc1. The van der Waals surface area contributed by atoms with Crippen LogP contribution in [0.3, 0.4) is 0 Å². The molecule has 0 aliphatic rings. The van der Waals surface area contributed by atoms with E-state index in [4.69, 9.17) is 5.21 Å². The van der Waals surface area contributed by atoms with Gasteiger partial charge in [-0.25, -0.2) is 10.4 Å². The van der Waals surface area contributed by atoms with Crippen LogP contribution in [-0.2, 0) is 4.79 Å². The number of H-pyrrole nitrogens is 1. The van der Waals surface area contributed by atoms with Crippen molar-refractivity contribution in [2.24, 2.45) is 5.10 Å². The van der Waals surface area contributed by atoms with Crippen LogP contribution in [0.25, 0.3) is 11.0 Å². The van der Waals surface area contributed by atoms with Crippen molar-refractivity contribution in [3.8, 4) is 0 Å². The van der Waals surface area contributed by atoms with Crippen molar-refractivity contribution < 1.29 is 10.0 Å². The fourth-order valence-corrected chi connectivity index (χ4v) is 2.93. The van der Waals surface area contributed by atoms with E-state index < -0.39 is 0 Å². The molecule has 25 heavy (non-hydrogen) atoms. The summed E-state index contributed by atoms with van der Waals surface area (Å²) in [4.78, 5) is 19.7. The summed E-state index contributed by atoms with van der Waals surface area (Å²) in [6.45, 7) is 1.80. The highest BCUT2D eigenvalue weighted by Gasteiger charge is 2.16. The minimum absolute atomic E-state index is 0.213. The second-order valence-electron chi connectivity index (χ2n) is 5.29. The number of imidazole rings is 1. The lowest BCUT2D eigenvalue weighted by Gasteiger charge is -2.06. The number of hydrogen-bond acceptors (Lipinski definition) is 6. The molecule has 4 N–H and O–H groups in total. The van der Waals surface area contributed by atoms with Crippen LogP contribution in [0.1, 0.15) is 12.5 Å². The predicted molar refractivity (Wildman–Crippen MR) is 99.0 cm³/mol. The van der Waals surface area contributed by atoms with E-state index in [0.717, 1.165) is 16.6 Å². The van der Waals surface area contributed by atoms with E-state index in [-0.39, 0.29) is 11.2 Å². The van der Waals surface area contributed by atoms with Crippen LogP contribution in [0.2, 0.25) is 0 Å². The molecule has 0 aliphatic carbocycles. The number of amides is 1. The van der Waals surface area contributed by atoms with Gasteiger partial charge in [0.05, 0.1) is 28.2 Å². The number of hydrogen-bond donors (Lipinski definition) is 4. The number of nitrogens with zero attached hydrogens (tertiary/aromatic N) is 2. The number of aromatic amines is 1. The third-order valence-corrected chi connectivity index (χ3v) is 4.44. The first-order valence-corrected chi connectivity index (χ1v) is 8.48. The predicted octanol–water partition coefficient (Wildman–Crippen LogP) is 2.99. The van der Waals surface area contributed by atoms with Crippen LogP contribution in [0.15, 0.2) is 58.8 Å². The first-order chi connectivity index (χ1) is 12.2. The maximum absolute atomic E-state index is 12.1. The van der Waals surface area contributed by atoms with Gasteiger partial charge in [0.2, 0.25) is 0 Å². The molecule has 0 saturated heterocycles. The third kappa shape index (κ3) is 4.37. The minimum Gasteiger partial charge on any atom is -0.333 e. The maximum Gasteiger partial charge on any atom is 0.253 e. The highest BCUT2D eigenvalue weighted by molar-refractivity contribution is 8.00. The van der Waals surface area contributed by atoms with E-state index in [1.165, 1.54) is 18.0 Å². The normalized spacial score (nSPS) is 12.4. The molecule has 1 amide bonds. The average molecular weight is 355 g/mol. The summed E-state index contributed by atoms with van der Waals surface area (Å²) >= 11 is 1.34. The molecule has 1 atom stereocenters. The first kappa shape index (κ1) is 17.0. The van der Waals surface area contributed by atoms with Gasteiger partial charge < -0.3 is 4.98 Å². The Morgan fingerprint density at radius 1 is 1.28 bits per heavy atom. The Bertz CT molecular complexity index is 858. The molecule has 7 nitrogen and oxygen atoms in total. The van der Waals surface area contributed by atoms with Crippen LogP contribution in [0.4, 0.5) is 5.69 Å². The quantitative estimate of drug-likeness (QED) is 0.309. The second-order valence-corrected chi connectivity index (χ2v) is 6.62. The van der Waals surface area contributed by atoms with Gasteiger partial charge in [-0.15, -0.1) is 0 Å². The highest BCUT2D eigenvalue weighted by Crippen LogP contribution is 2.23. The Labute approximate surface area is 148 Å². The molecule has 2 aromatic carbocycles. The monoisotopic (exact) mass is 355 g/mol. The zero-order valence-electron chi connectivity index (χ0n) is 13.4. The largest absolute Gasteiger partial charge is 0.333 e. The average Bonchev–Trinajstić information content (AvgIpc) is 3.04. The molecule has 1 heterocycles. The molecule has 0 aliphatic heterocycles. The van der Waals surface area contributed by atoms with Crippen molar-refractivity contribution >= 4 is 40.6 Å². The summed E-state index contributed by atoms with van der Waals surface area (Å²) in [6, 6.07) is 14.6. The first-order valence-electron chi connectivity index (χ1n) is 7.60. The van der Waals surface area contributed by atoms with E-state index >= 15 is 0 Å². The van der Waals surface area contributed by atoms with Crippen molar-refractivity contribution in [2.75, 3.05) is 5.48 Å². The van der Waals surface area contributed by atoms with Gasteiger partial charge in [-0.05, 0) is 36.8 Å². The number of fused-ring (bicyclic) bond motifs is 1. The Morgan fingerprint density at radius 2 is 2.04 bits per heavy atom.